The fourth-order valence-electron chi connectivity index (χ4n) is 4.11. The summed E-state index contributed by atoms with van der Waals surface area (Å²) in [6.07, 6.45) is 3.11. The molecule has 0 saturated heterocycles. The Balaban J connectivity index is 1.93. The number of hydrogen-bond donors (Lipinski definition) is 0. The summed E-state index contributed by atoms with van der Waals surface area (Å²) in [5.74, 6) is 1.50. The Labute approximate surface area is 155 Å². The van der Waals surface area contributed by atoms with E-state index in [-0.39, 0.29) is 6.29 Å². The van der Waals surface area contributed by atoms with Gasteiger partial charge in [0.1, 0.15) is 5.75 Å². The lowest BCUT2D eigenvalue weighted by Gasteiger charge is -2.33. The first-order valence-electron chi connectivity index (χ1n) is 9.71. The molecule has 0 fully saturated rings. The van der Waals surface area contributed by atoms with E-state index < -0.39 is 0 Å². The smallest absolute Gasteiger partial charge is 0.200 e. The van der Waals surface area contributed by atoms with Crippen molar-refractivity contribution in [3.63, 3.8) is 0 Å². The van der Waals surface area contributed by atoms with E-state index in [4.69, 9.17) is 9.47 Å². The Morgan fingerprint density at radius 3 is 2.42 bits per heavy atom. The summed E-state index contributed by atoms with van der Waals surface area (Å²) in [6, 6.07) is 21.6. The minimum absolute atomic E-state index is 0.143. The second kappa shape index (κ2) is 7.51. The third-order valence-electron chi connectivity index (χ3n) is 5.26. The Morgan fingerprint density at radius 2 is 1.69 bits per heavy atom. The molecule has 2 atom stereocenters. The van der Waals surface area contributed by atoms with Crippen molar-refractivity contribution in [2.45, 2.75) is 45.3 Å². The van der Waals surface area contributed by atoms with E-state index in [1.165, 1.54) is 27.5 Å². The number of fused-ring (bicyclic) bond motifs is 3. The number of hydrogen-bond acceptors (Lipinski definition) is 2. The SMILES string of the molecule is CCC[C@@H]1C[C@H](OCC)Oc2c1cc(-c1ccccc1)c1ccccc21. The normalized spacial score (nSPS) is 19.2. The lowest BCUT2D eigenvalue weighted by molar-refractivity contribution is -0.0912. The molecule has 134 valence electrons. The van der Waals surface area contributed by atoms with Crippen LogP contribution in [0.1, 0.15) is 44.6 Å². The summed E-state index contributed by atoms with van der Waals surface area (Å²) in [5.41, 5.74) is 3.88. The highest BCUT2D eigenvalue weighted by molar-refractivity contribution is 6.01. The second-order valence-electron chi connectivity index (χ2n) is 6.98. The van der Waals surface area contributed by atoms with E-state index in [0.717, 1.165) is 25.0 Å². The Kier molecular flexibility index (Phi) is 4.94. The third-order valence-corrected chi connectivity index (χ3v) is 5.26. The van der Waals surface area contributed by atoms with Crippen LogP contribution >= 0.6 is 0 Å². The van der Waals surface area contributed by atoms with Crippen LogP contribution in [0.3, 0.4) is 0 Å². The molecule has 0 bridgehead atoms. The van der Waals surface area contributed by atoms with Crippen molar-refractivity contribution in [1.82, 2.24) is 0 Å². The molecule has 3 aromatic rings. The lowest BCUT2D eigenvalue weighted by atomic mass is 9.84. The summed E-state index contributed by atoms with van der Waals surface area (Å²) in [5, 5.41) is 2.43. The molecule has 0 radical (unpaired) electrons. The predicted molar refractivity (Wildman–Crippen MR) is 108 cm³/mol. The molecule has 0 unspecified atom stereocenters. The maximum absolute atomic E-state index is 6.33. The van der Waals surface area contributed by atoms with Crippen molar-refractivity contribution in [2.75, 3.05) is 6.61 Å². The fraction of sp³-hybridized carbons (Fsp3) is 0.333. The minimum atomic E-state index is -0.143. The highest BCUT2D eigenvalue weighted by Crippen LogP contribution is 2.46. The van der Waals surface area contributed by atoms with Crippen molar-refractivity contribution in [1.29, 1.82) is 0 Å². The summed E-state index contributed by atoms with van der Waals surface area (Å²) in [7, 11) is 0. The molecular weight excluding hydrogens is 320 g/mol. The Bertz CT molecular complexity index is 885. The van der Waals surface area contributed by atoms with E-state index in [2.05, 4.69) is 67.6 Å². The van der Waals surface area contributed by atoms with Crippen LogP contribution in [-0.4, -0.2) is 12.9 Å². The highest BCUT2D eigenvalue weighted by atomic mass is 16.7. The van der Waals surface area contributed by atoms with Crippen molar-refractivity contribution in [2.24, 2.45) is 0 Å². The average molecular weight is 346 g/mol. The first-order valence-corrected chi connectivity index (χ1v) is 9.71. The van der Waals surface area contributed by atoms with E-state index in [1.54, 1.807) is 0 Å². The first-order chi connectivity index (χ1) is 12.8. The zero-order valence-electron chi connectivity index (χ0n) is 15.6. The standard InChI is InChI=1S/C24H26O2/c1-3-10-18-15-23(25-4-2)26-24-20-14-9-8-13-19(20)21(16-22(18)24)17-11-6-5-7-12-17/h5-9,11-14,16,18,23H,3-4,10,15H2,1-2H3/t18-,23-/m1/s1. The number of rotatable bonds is 5. The van der Waals surface area contributed by atoms with Gasteiger partial charge >= 0.3 is 0 Å². The number of ether oxygens (including phenoxy) is 2. The summed E-state index contributed by atoms with van der Waals surface area (Å²) in [4.78, 5) is 0. The van der Waals surface area contributed by atoms with E-state index in [1.807, 2.05) is 6.92 Å². The first kappa shape index (κ1) is 17.1. The minimum Gasteiger partial charge on any atom is -0.464 e. The van der Waals surface area contributed by atoms with Crippen molar-refractivity contribution >= 4 is 10.8 Å². The molecule has 0 saturated carbocycles. The molecule has 26 heavy (non-hydrogen) atoms. The van der Waals surface area contributed by atoms with E-state index in [9.17, 15) is 0 Å². The fourth-order valence-corrected chi connectivity index (χ4v) is 4.11. The molecule has 2 nitrogen and oxygen atoms in total. The van der Waals surface area contributed by atoms with Gasteiger partial charge in [-0.25, -0.2) is 0 Å². The second-order valence-corrected chi connectivity index (χ2v) is 6.98. The molecule has 1 aliphatic rings. The van der Waals surface area contributed by atoms with Crippen LogP contribution in [0.4, 0.5) is 0 Å². The molecule has 3 aromatic carbocycles. The molecule has 0 aromatic heterocycles. The lowest BCUT2D eigenvalue weighted by Crippen LogP contribution is -2.28. The third kappa shape index (κ3) is 3.10. The van der Waals surface area contributed by atoms with Crippen LogP contribution in [-0.2, 0) is 4.74 Å². The Morgan fingerprint density at radius 1 is 0.962 bits per heavy atom. The highest BCUT2D eigenvalue weighted by Gasteiger charge is 2.30. The van der Waals surface area contributed by atoms with Crippen LogP contribution in [0.2, 0.25) is 0 Å². The summed E-state index contributed by atoms with van der Waals surface area (Å²) >= 11 is 0. The summed E-state index contributed by atoms with van der Waals surface area (Å²) in [6.45, 7) is 4.97. The molecule has 0 aliphatic carbocycles. The summed E-state index contributed by atoms with van der Waals surface area (Å²) < 4.78 is 12.2. The van der Waals surface area contributed by atoms with Gasteiger partial charge in [0.15, 0.2) is 6.29 Å². The van der Waals surface area contributed by atoms with Crippen LogP contribution < -0.4 is 4.74 Å². The molecular formula is C24H26O2. The van der Waals surface area contributed by atoms with Gasteiger partial charge in [0.25, 0.3) is 0 Å². The van der Waals surface area contributed by atoms with Crippen LogP contribution in [0.5, 0.6) is 5.75 Å². The van der Waals surface area contributed by atoms with Gasteiger partial charge in [-0.15, -0.1) is 0 Å². The van der Waals surface area contributed by atoms with Gasteiger partial charge in [-0.05, 0) is 47.4 Å². The van der Waals surface area contributed by atoms with Gasteiger partial charge in [0.05, 0.1) is 0 Å². The average Bonchev–Trinajstić information content (AvgIpc) is 2.69. The quantitative estimate of drug-likeness (QED) is 0.522. The van der Waals surface area contributed by atoms with Crippen LogP contribution in [0, 0.1) is 0 Å². The van der Waals surface area contributed by atoms with Gasteiger partial charge < -0.3 is 9.47 Å². The van der Waals surface area contributed by atoms with E-state index >= 15 is 0 Å². The maximum Gasteiger partial charge on any atom is 0.200 e. The zero-order valence-corrected chi connectivity index (χ0v) is 15.6. The molecule has 1 aliphatic heterocycles. The maximum atomic E-state index is 6.33. The van der Waals surface area contributed by atoms with Gasteiger partial charge in [-0.3, -0.25) is 0 Å². The molecule has 0 spiro atoms. The van der Waals surface area contributed by atoms with Crippen LogP contribution in [0.15, 0.2) is 60.7 Å². The molecule has 2 heteroatoms. The topological polar surface area (TPSA) is 18.5 Å². The van der Waals surface area contributed by atoms with Gasteiger partial charge in [-0.2, -0.15) is 0 Å². The van der Waals surface area contributed by atoms with Crippen molar-refractivity contribution in [3.05, 3.63) is 66.2 Å². The Hall–Kier alpha value is -2.32. The van der Waals surface area contributed by atoms with Gasteiger partial charge in [0.2, 0.25) is 0 Å². The monoisotopic (exact) mass is 346 g/mol. The predicted octanol–water partition coefficient (Wildman–Crippen LogP) is 6.54. The molecule has 1 heterocycles. The van der Waals surface area contributed by atoms with Crippen molar-refractivity contribution in [3.8, 4) is 16.9 Å². The molecule has 0 amide bonds. The number of benzene rings is 3. The molecule has 0 N–H and O–H groups in total. The zero-order chi connectivity index (χ0) is 17.9. The van der Waals surface area contributed by atoms with Gasteiger partial charge in [0, 0.05) is 18.4 Å². The van der Waals surface area contributed by atoms with Crippen molar-refractivity contribution < 1.29 is 9.47 Å². The van der Waals surface area contributed by atoms with Gasteiger partial charge in [-0.1, -0.05) is 67.9 Å². The largest absolute Gasteiger partial charge is 0.464 e. The van der Waals surface area contributed by atoms with E-state index in [0.29, 0.717) is 12.5 Å². The molecule has 4 rings (SSSR count). The van der Waals surface area contributed by atoms with Crippen LogP contribution in [0.25, 0.3) is 21.9 Å².